The summed E-state index contributed by atoms with van der Waals surface area (Å²) in [7, 11) is 4.49. The number of hydrogen-bond donors (Lipinski definition) is 0. The molecule has 1 aliphatic rings. The zero-order valence-electron chi connectivity index (χ0n) is 14.8. The Morgan fingerprint density at radius 1 is 0.480 bits per heavy atom. The summed E-state index contributed by atoms with van der Waals surface area (Å²) in [5.41, 5.74) is 4.07. The van der Waals surface area contributed by atoms with Crippen LogP contribution in [0, 0.1) is 0 Å². The monoisotopic (exact) mass is 328 g/mol. The summed E-state index contributed by atoms with van der Waals surface area (Å²) < 4.78 is 0. The van der Waals surface area contributed by atoms with Crippen LogP contribution in [0.25, 0.3) is 0 Å². The Bertz CT molecular complexity index is 750. The van der Waals surface area contributed by atoms with Crippen molar-refractivity contribution in [1.29, 1.82) is 0 Å². The van der Waals surface area contributed by atoms with Crippen molar-refractivity contribution in [3.8, 4) is 0 Å². The number of likely N-dealkylation sites (N-methyl/N-ethyl adjacent to an activating group) is 2. The van der Waals surface area contributed by atoms with Crippen LogP contribution in [0.5, 0.6) is 0 Å². The first-order valence-electron chi connectivity index (χ1n) is 8.86. The quantitative estimate of drug-likeness (QED) is 0.664. The van der Waals surface area contributed by atoms with Gasteiger partial charge in [0.15, 0.2) is 0 Å². The first-order valence-corrected chi connectivity index (χ1v) is 8.86. The molecule has 25 heavy (non-hydrogen) atoms. The van der Waals surface area contributed by atoms with Crippen molar-refractivity contribution < 1.29 is 0 Å². The molecule has 0 bridgehead atoms. The fourth-order valence-electron chi connectivity index (χ4n) is 4.27. The van der Waals surface area contributed by atoms with Crippen LogP contribution in [-0.2, 0) is 0 Å². The van der Waals surface area contributed by atoms with E-state index in [-0.39, 0.29) is 6.17 Å². The molecule has 3 aromatic carbocycles. The van der Waals surface area contributed by atoms with Gasteiger partial charge in [-0.2, -0.15) is 0 Å². The molecule has 2 nitrogen and oxygen atoms in total. The maximum absolute atomic E-state index is 2.50. The van der Waals surface area contributed by atoms with Gasteiger partial charge >= 0.3 is 0 Å². The van der Waals surface area contributed by atoms with E-state index in [0.717, 1.165) is 0 Å². The summed E-state index contributed by atoms with van der Waals surface area (Å²) in [6, 6.07) is 33.2. The first-order chi connectivity index (χ1) is 12.3. The molecule has 1 aliphatic heterocycles. The number of nitrogens with zero attached hydrogens (tertiary/aromatic N) is 2. The summed E-state index contributed by atoms with van der Waals surface area (Å²) in [4.78, 5) is 5.00. The molecule has 2 unspecified atom stereocenters. The molecular weight excluding hydrogens is 304 g/mol. The van der Waals surface area contributed by atoms with Crippen molar-refractivity contribution in [1.82, 2.24) is 9.80 Å². The molecule has 1 heterocycles. The van der Waals surface area contributed by atoms with Gasteiger partial charge in [0.1, 0.15) is 0 Å². The van der Waals surface area contributed by atoms with Crippen LogP contribution < -0.4 is 0 Å². The van der Waals surface area contributed by atoms with Gasteiger partial charge in [-0.3, -0.25) is 9.80 Å². The molecule has 0 spiro atoms. The van der Waals surface area contributed by atoms with E-state index in [1.807, 2.05) is 0 Å². The molecule has 3 aromatic rings. The van der Waals surface area contributed by atoms with Gasteiger partial charge in [0.05, 0.1) is 18.2 Å². The largest absolute Gasteiger partial charge is 0.278 e. The van der Waals surface area contributed by atoms with E-state index < -0.39 is 0 Å². The topological polar surface area (TPSA) is 6.48 Å². The van der Waals surface area contributed by atoms with Crippen molar-refractivity contribution in [2.45, 2.75) is 18.2 Å². The Morgan fingerprint density at radius 3 is 1.16 bits per heavy atom. The lowest BCUT2D eigenvalue weighted by Crippen LogP contribution is -2.26. The van der Waals surface area contributed by atoms with Crippen LogP contribution in [0.4, 0.5) is 0 Å². The number of benzene rings is 3. The van der Waals surface area contributed by atoms with Gasteiger partial charge in [-0.25, -0.2) is 0 Å². The van der Waals surface area contributed by atoms with Crippen LogP contribution in [0.15, 0.2) is 91.0 Å². The Morgan fingerprint density at radius 2 is 0.800 bits per heavy atom. The van der Waals surface area contributed by atoms with Gasteiger partial charge in [0, 0.05) is 0 Å². The van der Waals surface area contributed by atoms with E-state index in [0.29, 0.717) is 12.1 Å². The highest BCUT2D eigenvalue weighted by molar-refractivity contribution is 5.32. The molecule has 0 aromatic heterocycles. The normalized spacial score (nSPS) is 24.5. The second-order valence-electron chi connectivity index (χ2n) is 6.83. The van der Waals surface area contributed by atoms with Gasteiger partial charge in [-0.15, -0.1) is 0 Å². The molecule has 1 fully saturated rings. The molecule has 0 aliphatic carbocycles. The lowest BCUT2D eigenvalue weighted by molar-refractivity contribution is 0.164. The zero-order chi connectivity index (χ0) is 17.2. The molecule has 0 N–H and O–H groups in total. The summed E-state index contributed by atoms with van der Waals surface area (Å²) >= 11 is 0. The second-order valence-corrected chi connectivity index (χ2v) is 6.83. The Hall–Kier alpha value is -2.42. The van der Waals surface area contributed by atoms with Crippen LogP contribution in [0.1, 0.15) is 34.9 Å². The van der Waals surface area contributed by atoms with Crippen LogP contribution in [-0.4, -0.2) is 23.9 Å². The van der Waals surface area contributed by atoms with Crippen molar-refractivity contribution in [2.24, 2.45) is 0 Å². The lowest BCUT2D eigenvalue weighted by atomic mass is 9.93. The standard InChI is InChI=1S/C23H24N2/c1-24-21(18-12-6-3-7-13-18)22(19-14-8-4-9-15-19)25(2)23(24)20-16-10-5-11-17-20/h3-17,21-23H,1-2H3. The van der Waals surface area contributed by atoms with Crippen LogP contribution in [0.2, 0.25) is 0 Å². The highest BCUT2D eigenvalue weighted by Gasteiger charge is 2.45. The molecule has 0 saturated carbocycles. The minimum atomic E-state index is 0.261. The predicted molar refractivity (Wildman–Crippen MR) is 103 cm³/mol. The summed E-state index contributed by atoms with van der Waals surface area (Å²) in [5, 5.41) is 0. The van der Waals surface area contributed by atoms with Gasteiger partial charge in [0.2, 0.25) is 0 Å². The third-order valence-corrected chi connectivity index (χ3v) is 5.33. The second kappa shape index (κ2) is 6.83. The van der Waals surface area contributed by atoms with E-state index in [9.17, 15) is 0 Å². The molecule has 126 valence electrons. The highest BCUT2D eigenvalue weighted by Crippen LogP contribution is 2.50. The van der Waals surface area contributed by atoms with E-state index in [4.69, 9.17) is 0 Å². The summed E-state index contributed by atoms with van der Waals surface area (Å²) in [6.45, 7) is 0. The van der Waals surface area contributed by atoms with Crippen LogP contribution in [0.3, 0.4) is 0 Å². The van der Waals surface area contributed by atoms with Crippen molar-refractivity contribution in [2.75, 3.05) is 14.1 Å². The van der Waals surface area contributed by atoms with E-state index in [1.54, 1.807) is 0 Å². The minimum absolute atomic E-state index is 0.261. The maximum Gasteiger partial charge on any atom is 0.0892 e. The SMILES string of the molecule is CN1C(c2ccccc2)C(c2ccccc2)N(C)C1c1ccccc1. The minimum Gasteiger partial charge on any atom is -0.278 e. The fourth-order valence-corrected chi connectivity index (χ4v) is 4.27. The van der Waals surface area contributed by atoms with Crippen molar-refractivity contribution >= 4 is 0 Å². The third-order valence-electron chi connectivity index (χ3n) is 5.33. The van der Waals surface area contributed by atoms with Gasteiger partial charge in [-0.1, -0.05) is 91.0 Å². The lowest BCUT2D eigenvalue weighted by Gasteiger charge is -2.27. The average Bonchev–Trinajstić information content (AvgIpc) is 2.94. The Labute approximate surface area is 150 Å². The first kappa shape index (κ1) is 16.1. The van der Waals surface area contributed by atoms with Gasteiger partial charge < -0.3 is 0 Å². The molecule has 2 heteroatoms. The predicted octanol–water partition coefficient (Wildman–Crippen LogP) is 5.05. The molecule has 2 atom stereocenters. The Kier molecular flexibility index (Phi) is 4.39. The smallest absolute Gasteiger partial charge is 0.0892 e. The molecule has 0 radical (unpaired) electrons. The van der Waals surface area contributed by atoms with Gasteiger partial charge in [-0.05, 0) is 30.8 Å². The van der Waals surface area contributed by atoms with Crippen molar-refractivity contribution in [3.63, 3.8) is 0 Å². The van der Waals surface area contributed by atoms with Crippen LogP contribution >= 0.6 is 0 Å². The van der Waals surface area contributed by atoms with Gasteiger partial charge in [0.25, 0.3) is 0 Å². The molecular formula is C23H24N2. The zero-order valence-corrected chi connectivity index (χ0v) is 14.8. The Balaban J connectivity index is 1.82. The number of rotatable bonds is 3. The summed E-state index contributed by atoms with van der Waals surface area (Å²) in [6.07, 6.45) is 0.261. The average molecular weight is 328 g/mol. The third kappa shape index (κ3) is 2.88. The fraction of sp³-hybridized carbons (Fsp3) is 0.217. The number of hydrogen-bond acceptors (Lipinski definition) is 2. The molecule has 0 amide bonds. The molecule has 4 rings (SSSR count). The van der Waals surface area contributed by atoms with E-state index in [2.05, 4.69) is 115 Å². The summed E-state index contributed by atoms with van der Waals surface area (Å²) in [5.74, 6) is 0. The van der Waals surface area contributed by atoms with E-state index in [1.165, 1.54) is 16.7 Å². The van der Waals surface area contributed by atoms with E-state index >= 15 is 0 Å². The molecule has 1 saturated heterocycles. The van der Waals surface area contributed by atoms with Crippen molar-refractivity contribution in [3.05, 3.63) is 108 Å². The maximum atomic E-state index is 2.50. The highest BCUT2D eigenvalue weighted by atomic mass is 15.4.